The predicted octanol–water partition coefficient (Wildman–Crippen LogP) is 4.72. The summed E-state index contributed by atoms with van der Waals surface area (Å²) >= 11 is 3.94. The largest absolute Gasteiger partial charge is 0.0877 e. The first-order valence-corrected chi connectivity index (χ1v) is 7.46. The summed E-state index contributed by atoms with van der Waals surface area (Å²) in [5.41, 5.74) is 3.28. The molecule has 0 aromatic heterocycles. The zero-order valence-corrected chi connectivity index (χ0v) is 11.9. The van der Waals surface area contributed by atoms with E-state index in [0.717, 1.165) is 6.42 Å². The van der Waals surface area contributed by atoms with Crippen molar-refractivity contribution in [1.82, 2.24) is 0 Å². The van der Waals surface area contributed by atoms with E-state index in [4.69, 9.17) is 0 Å². The number of hydrogen-bond acceptors (Lipinski definition) is 0. The van der Waals surface area contributed by atoms with Crippen molar-refractivity contribution >= 4 is 15.9 Å². The van der Waals surface area contributed by atoms with E-state index in [0.29, 0.717) is 10.2 Å². The fourth-order valence-electron chi connectivity index (χ4n) is 2.70. The smallest absolute Gasteiger partial charge is 0.0283 e. The lowest BCUT2D eigenvalue weighted by molar-refractivity contribution is 0.647. The number of hydrogen-bond donors (Lipinski definition) is 0. The molecule has 0 heterocycles. The Morgan fingerprint density at radius 1 is 0.889 bits per heavy atom. The molecule has 0 bridgehead atoms. The first kappa shape index (κ1) is 12.0. The van der Waals surface area contributed by atoms with Gasteiger partial charge >= 0.3 is 0 Å². The number of halogens is 1. The SMILES string of the molecule is BrC(Cc1ccccc1)C1(c2ccccc2)CC1. The van der Waals surface area contributed by atoms with Crippen LogP contribution in [0.1, 0.15) is 24.0 Å². The molecule has 0 N–H and O–H groups in total. The molecule has 1 aliphatic carbocycles. The fourth-order valence-corrected chi connectivity index (χ4v) is 3.80. The molecule has 92 valence electrons. The summed E-state index contributed by atoms with van der Waals surface area (Å²) in [6.45, 7) is 0. The van der Waals surface area contributed by atoms with Gasteiger partial charge in [-0.15, -0.1) is 0 Å². The standard InChI is InChI=1S/C17H17Br/c18-16(13-14-7-3-1-4-8-14)17(11-12-17)15-9-5-2-6-10-15/h1-10,16H,11-13H2. The van der Waals surface area contributed by atoms with Gasteiger partial charge in [-0.2, -0.15) is 0 Å². The lowest BCUT2D eigenvalue weighted by atomic mass is 9.89. The van der Waals surface area contributed by atoms with Gasteiger partial charge in [0.2, 0.25) is 0 Å². The first-order chi connectivity index (χ1) is 8.81. The minimum atomic E-state index is 0.372. The van der Waals surface area contributed by atoms with Gasteiger partial charge in [0.15, 0.2) is 0 Å². The zero-order chi connectivity index (χ0) is 12.4. The molecule has 2 aromatic carbocycles. The Morgan fingerprint density at radius 3 is 2.00 bits per heavy atom. The van der Waals surface area contributed by atoms with Crippen LogP contribution in [0.4, 0.5) is 0 Å². The van der Waals surface area contributed by atoms with Crippen LogP contribution in [0.5, 0.6) is 0 Å². The van der Waals surface area contributed by atoms with Crippen molar-refractivity contribution in [3.05, 3.63) is 71.8 Å². The Balaban J connectivity index is 1.79. The van der Waals surface area contributed by atoms with Crippen LogP contribution < -0.4 is 0 Å². The maximum atomic E-state index is 3.94. The number of rotatable bonds is 4. The average Bonchev–Trinajstić information content (AvgIpc) is 3.22. The van der Waals surface area contributed by atoms with Crippen LogP contribution in [-0.2, 0) is 11.8 Å². The highest BCUT2D eigenvalue weighted by atomic mass is 79.9. The van der Waals surface area contributed by atoms with Crippen LogP contribution in [0, 0.1) is 0 Å². The third kappa shape index (κ3) is 2.24. The van der Waals surface area contributed by atoms with Crippen molar-refractivity contribution in [3.8, 4) is 0 Å². The summed E-state index contributed by atoms with van der Waals surface area (Å²) in [6.07, 6.45) is 3.72. The summed E-state index contributed by atoms with van der Waals surface area (Å²) < 4.78 is 0. The van der Waals surface area contributed by atoms with Gasteiger partial charge in [-0.3, -0.25) is 0 Å². The van der Waals surface area contributed by atoms with Crippen LogP contribution in [-0.4, -0.2) is 4.83 Å². The van der Waals surface area contributed by atoms with Crippen LogP contribution in [0.15, 0.2) is 60.7 Å². The molecule has 0 aliphatic heterocycles. The monoisotopic (exact) mass is 300 g/mol. The molecule has 3 rings (SSSR count). The molecule has 0 amide bonds. The molecule has 1 fully saturated rings. The normalized spacial score (nSPS) is 18.3. The topological polar surface area (TPSA) is 0 Å². The lowest BCUT2D eigenvalue weighted by Gasteiger charge is -2.22. The van der Waals surface area contributed by atoms with Crippen LogP contribution >= 0.6 is 15.9 Å². The average molecular weight is 301 g/mol. The molecular weight excluding hydrogens is 284 g/mol. The Labute approximate surface area is 117 Å². The van der Waals surface area contributed by atoms with Crippen LogP contribution in [0.25, 0.3) is 0 Å². The second-order valence-corrected chi connectivity index (χ2v) is 6.28. The van der Waals surface area contributed by atoms with E-state index in [2.05, 4.69) is 76.6 Å². The van der Waals surface area contributed by atoms with Gasteiger partial charge in [-0.05, 0) is 30.4 Å². The lowest BCUT2D eigenvalue weighted by Crippen LogP contribution is -2.22. The number of benzene rings is 2. The highest BCUT2D eigenvalue weighted by Crippen LogP contribution is 2.54. The van der Waals surface area contributed by atoms with E-state index < -0.39 is 0 Å². The van der Waals surface area contributed by atoms with E-state index in [9.17, 15) is 0 Å². The van der Waals surface area contributed by atoms with Gasteiger partial charge in [-0.1, -0.05) is 76.6 Å². The Bertz CT molecular complexity index is 500. The molecule has 1 saturated carbocycles. The summed E-state index contributed by atoms with van der Waals surface area (Å²) in [7, 11) is 0. The third-order valence-corrected chi connectivity index (χ3v) is 5.19. The molecule has 18 heavy (non-hydrogen) atoms. The highest BCUT2D eigenvalue weighted by Gasteiger charge is 2.49. The quantitative estimate of drug-likeness (QED) is 0.717. The molecule has 0 nitrogen and oxygen atoms in total. The van der Waals surface area contributed by atoms with Crippen molar-refractivity contribution in [1.29, 1.82) is 0 Å². The van der Waals surface area contributed by atoms with Gasteiger partial charge in [0.05, 0.1) is 0 Å². The Kier molecular flexibility index (Phi) is 3.25. The van der Waals surface area contributed by atoms with Crippen LogP contribution in [0.2, 0.25) is 0 Å². The van der Waals surface area contributed by atoms with E-state index in [1.807, 2.05) is 0 Å². The highest BCUT2D eigenvalue weighted by molar-refractivity contribution is 9.09. The van der Waals surface area contributed by atoms with Gasteiger partial charge in [0.25, 0.3) is 0 Å². The molecule has 1 atom stereocenters. The van der Waals surface area contributed by atoms with Gasteiger partial charge in [0.1, 0.15) is 0 Å². The molecule has 1 heteroatoms. The molecular formula is C17H17Br. The minimum Gasteiger partial charge on any atom is -0.0877 e. The van der Waals surface area contributed by atoms with E-state index in [1.165, 1.54) is 24.0 Å². The van der Waals surface area contributed by atoms with Gasteiger partial charge < -0.3 is 0 Å². The van der Waals surface area contributed by atoms with Crippen molar-refractivity contribution in [3.63, 3.8) is 0 Å². The maximum absolute atomic E-state index is 3.94. The van der Waals surface area contributed by atoms with Crippen molar-refractivity contribution in [2.75, 3.05) is 0 Å². The summed E-state index contributed by atoms with van der Waals surface area (Å²) in [6, 6.07) is 21.7. The molecule has 1 unspecified atom stereocenters. The molecule has 2 aromatic rings. The molecule has 0 saturated heterocycles. The molecule has 1 aliphatic rings. The summed E-state index contributed by atoms with van der Waals surface area (Å²) in [5, 5.41) is 0. The van der Waals surface area contributed by atoms with E-state index in [-0.39, 0.29) is 0 Å². The van der Waals surface area contributed by atoms with E-state index in [1.54, 1.807) is 0 Å². The van der Waals surface area contributed by atoms with Crippen LogP contribution in [0.3, 0.4) is 0 Å². The maximum Gasteiger partial charge on any atom is 0.0283 e. The van der Waals surface area contributed by atoms with Crippen molar-refractivity contribution in [2.24, 2.45) is 0 Å². The predicted molar refractivity (Wildman–Crippen MR) is 80.2 cm³/mol. The van der Waals surface area contributed by atoms with Gasteiger partial charge in [-0.25, -0.2) is 0 Å². The number of alkyl halides is 1. The Hall–Kier alpha value is -1.08. The molecule has 0 spiro atoms. The van der Waals surface area contributed by atoms with Gasteiger partial charge in [0, 0.05) is 10.2 Å². The fraction of sp³-hybridized carbons (Fsp3) is 0.294. The minimum absolute atomic E-state index is 0.372. The summed E-state index contributed by atoms with van der Waals surface area (Å²) in [4.78, 5) is 0.537. The van der Waals surface area contributed by atoms with E-state index >= 15 is 0 Å². The first-order valence-electron chi connectivity index (χ1n) is 6.55. The second kappa shape index (κ2) is 4.89. The van der Waals surface area contributed by atoms with Crippen molar-refractivity contribution in [2.45, 2.75) is 29.5 Å². The third-order valence-electron chi connectivity index (χ3n) is 3.99. The Morgan fingerprint density at radius 2 is 1.44 bits per heavy atom. The second-order valence-electron chi connectivity index (χ2n) is 5.18. The zero-order valence-electron chi connectivity index (χ0n) is 10.4. The molecule has 0 radical (unpaired) electrons. The van der Waals surface area contributed by atoms with Crippen molar-refractivity contribution < 1.29 is 0 Å². The summed E-state index contributed by atoms with van der Waals surface area (Å²) in [5.74, 6) is 0.